The fourth-order valence-electron chi connectivity index (χ4n) is 1.47. The number of hydrogen-bond acceptors (Lipinski definition) is 4. The van der Waals surface area contributed by atoms with Gasteiger partial charge in [0.2, 0.25) is 0 Å². The lowest BCUT2D eigenvalue weighted by Crippen LogP contribution is -2.17. The number of allylic oxidation sites excluding steroid dienone is 3. The highest BCUT2D eigenvalue weighted by atomic mass is 16.1. The zero-order valence-electron chi connectivity index (χ0n) is 9.47. The van der Waals surface area contributed by atoms with Gasteiger partial charge < -0.3 is 11.5 Å². The molecule has 1 aromatic rings. The Morgan fingerprint density at radius 2 is 1.71 bits per heavy atom. The summed E-state index contributed by atoms with van der Waals surface area (Å²) in [5.41, 5.74) is 14.4. The summed E-state index contributed by atoms with van der Waals surface area (Å²) in [6.07, 6.45) is 3.08. The second-order valence-corrected chi connectivity index (χ2v) is 3.88. The van der Waals surface area contributed by atoms with Crippen LogP contribution in [0.5, 0.6) is 0 Å². The number of nitrogens with zero attached hydrogens (tertiary/aromatic N) is 1. The SMILES string of the molecule is CC1=C/C(=N\c2ccc(N)cc2)C(N)=CC1=O. The van der Waals surface area contributed by atoms with Gasteiger partial charge in [-0.3, -0.25) is 4.79 Å². The van der Waals surface area contributed by atoms with Crippen LogP contribution in [-0.4, -0.2) is 11.5 Å². The van der Waals surface area contributed by atoms with Crippen molar-refractivity contribution in [3.05, 3.63) is 47.7 Å². The van der Waals surface area contributed by atoms with Gasteiger partial charge in [-0.05, 0) is 42.8 Å². The average Bonchev–Trinajstić information content (AvgIpc) is 2.29. The summed E-state index contributed by atoms with van der Waals surface area (Å²) >= 11 is 0. The average molecular weight is 227 g/mol. The van der Waals surface area contributed by atoms with Crippen LogP contribution in [0.1, 0.15) is 6.92 Å². The molecule has 2 rings (SSSR count). The van der Waals surface area contributed by atoms with Crippen LogP contribution in [0.25, 0.3) is 0 Å². The van der Waals surface area contributed by atoms with E-state index in [-0.39, 0.29) is 5.78 Å². The van der Waals surface area contributed by atoms with Crippen LogP contribution in [0.3, 0.4) is 0 Å². The predicted octanol–water partition coefficient (Wildman–Crippen LogP) is 1.71. The normalized spacial score (nSPS) is 17.9. The molecule has 0 aromatic heterocycles. The minimum Gasteiger partial charge on any atom is -0.399 e. The Hall–Kier alpha value is -2.36. The van der Waals surface area contributed by atoms with Gasteiger partial charge in [0, 0.05) is 11.8 Å². The molecule has 0 bridgehead atoms. The van der Waals surface area contributed by atoms with Gasteiger partial charge in [0.1, 0.15) is 0 Å². The van der Waals surface area contributed by atoms with Crippen molar-refractivity contribution >= 4 is 22.9 Å². The van der Waals surface area contributed by atoms with Crippen LogP contribution in [0.15, 0.2) is 52.7 Å². The molecular weight excluding hydrogens is 214 g/mol. The molecule has 1 aliphatic rings. The van der Waals surface area contributed by atoms with E-state index in [0.717, 1.165) is 5.69 Å². The van der Waals surface area contributed by atoms with Gasteiger partial charge in [-0.1, -0.05) is 0 Å². The third kappa shape index (κ3) is 2.42. The highest BCUT2D eigenvalue weighted by Crippen LogP contribution is 2.17. The molecule has 0 saturated carbocycles. The van der Waals surface area contributed by atoms with Crippen LogP contribution in [-0.2, 0) is 4.79 Å². The fraction of sp³-hybridized carbons (Fsp3) is 0.0769. The summed E-state index contributed by atoms with van der Waals surface area (Å²) < 4.78 is 0. The van der Waals surface area contributed by atoms with Gasteiger partial charge in [-0.2, -0.15) is 0 Å². The van der Waals surface area contributed by atoms with Crippen LogP contribution < -0.4 is 11.5 Å². The molecule has 4 nitrogen and oxygen atoms in total. The molecule has 0 atom stereocenters. The first-order valence-electron chi connectivity index (χ1n) is 5.20. The van der Waals surface area contributed by atoms with Crippen molar-refractivity contribution in [2.24, 2.45) is 10.7 Å². The zero-order chi connectivity index (χ0) is 12.4. The van der Waals surface area contributed by atoms with Crippen LogP contribution >= 0.6 is 0 Å². The van der Waals surface area contributed by atoms with E-state index < -0.39 is 0 Å². The zero-order valence-corrected chi connectivity index (χ0v) is 9.47. The Balaban J connectivity index is 2.37. The lowest BCUT2D eigenvalue weighted by Gasteiger charge is -2.09. The molecule has 0 unspecified atom stereocenters. The Morgan fingerprint density at radius 1 is 1.06 bits per heavy atom. The van der Waals surface area contributed by atoms with Gasteiger partial charge >= 0.3 is 0 Å². The number of nitrogens with two attached hydrogens (primary N) is 2. The number of anilines is 1. The van der Waals surface area contributed by atoms with Crippen molar-refractivity contribution in [2.45, 2.75) is 6.92 Å². The summed E-state index contributed by atoms with van der Waals surface area (Å²) in [5, 5.41) is 0. The van der Waals surface area contributed by atoms with Crippen LogP contribution in [0.2, 0.25) is 0 Å². The highest BCUT2D eigenvalue weighted by Gasteiger charge is 2.13. The Morgan fingerprint density at radius 3 is 2.35 bits per heavy atom. The molecule has 86 valence electrons. The lowest BCUT2D eigenvalue weighted by molar-refractivity contribution is -0.111. The summed E-state index contributed by atoms with van der Waals surface area (Å²) in [6, 6.07) is 7.14. The fourth-order valence-corrected chi connectivity index (χ4v) is 1.47. The topological polar surface area (TPSA) is 81.5 Å². The number of rotatable bonds is 1. The monoisotopic (exact) mass is 227 g/mol. The molecule has 17 heavy (non-hydrogen) atoms. The maximum Gasteiger partial charge on any atom is 0.183 e. The van der Waals surface area contributed by atoms with E-state index in [4.69, 9.17) is 11.5 Å². The van der Waals surface area contributed by atoms with E-state index in [0.29, 0.717) is 22.7 Å². The summed E-state index contributed by atoms with van der Waals surface area (Å²) in [6.45, 7) is 1.74. The summed E-state index contributed by atoms with van der Waals surface area (Å²) in [5.74, 6) is -0.0706. The number of nitrogen functional groups attached to an aromatic ring is 1. The van der Waals surface area contributed by atoms with E-state index in [1.54, 1.807) is 37.3 Å². The van der Waals surface area contributed by atoms with Crippen molar-refractivity contribution in [1.29, 1.82) is 0 Å². The smallest absolute Gasteiger partial charge is 0.183 e. The van der Waals surface area contributed by atoms with Gasteiger partial charge in [0.25, 0.3) is 0 Å². The van der Waals surface area contributed by atoms with Crippen LogP contribution in [0, 0.1) is 0 Å². The molecule has 1 aromatic carbocycles. The maximum absolute atomic E-state index is 11.4. The molecule has 0 spiro atoms. The lowest BCUT2D eigenvalue weighted by atomic mass is 10.0. The first-order valence-corrected chi connectivity index (χ1v) is 5.20. The molecule has 0 amide bonds. The second kappa shape index (κ2) is 4.25. The molecule has 0 fully saturated rings. The number of carbonyl (C=O) groups excluding carboxylic acids is 1. The number of carbonyl (C=O) groups is 1. The molecule has 0 aliphatic heterocycles. The Bertz CT molecular complexity index is 551. The van der Waals surface area contributed by atoms with Crippen LogP contribution in [0.4, 0.5) is 11.4 Å². The van der Waals surface area contributed by atoms with E-state index in [2.05, 4.69) is 4.99 Å². The third-order valence-corrected chi connectivity index (χ3v) is 2.47. The number of aliphatic imine (C=N–C) groups is 1. The Labute approximate surface area is 99.3 Å². The van der Waals surface area contributed by atoms with Gasteiger partial charge in [0.05, 0.1) is 17.1 Å². The maximum atomic E-state index is 11.4. The molecule has 0 heterocycles. The van der Waals surface area contributed by atoms with Gasteiger partial charge in [-0.15, -0.1) is 0 Å². The van der Waals surface area contributed by atoms with E-state index in [1.165, 1.54) is 6.08 Å². The van der Waals surface area contributed by atoms with E-state index in [1.807, 2.05) is 0 Å². The van der Waals surface area contributed by atoms with Crippen molar-refractivity contribution in [3.8, 4) is 0 Å². The number of hydrogen-bond donors (Lipinski definition) is 2. The molecule has 0 saturated heterocycles. The van der Waals surface area contributed by atoms with E-state index in [9.17, 15) is 4.79 Å². The summed E-state index contributed by atoms with van der Waals surface area (Å²) in [7, 11) is 0. The minimum absolute atomic E-state index is 0.0706. The first-order chi connectivity index (χ1) is 8.06. The van der Waals surface area contributed by atoms with Crippen molar-refractivity contribution in [1.82, 2.24) is 0 Å². The van der Waals surface area contributed by atoms with Crippen molar-refractivity contribution in [2.75, 3.05) is 5.73 Å². The first kappa shape index (κ1) is 11.1. The second-order valence-electron chi connectivity index (χ2n) is 3.88. The Kier molecular flexibility index (Phi) is 2.78. The van der Waals surface area contributed by atoms with Crippen molar-refractivity contribution < 1.29 is 4.79 Å². The standard InChI is InChI=1S/C13H13N3O/c1-8-6-12(11(15)7-13(8)17)16-10-4-2-9(14)3-5-10/h2-7H,14-15H2,1H3/b16-12+. The summed E-state index contributed by atoms with van der Waals surface area (Å²) in [4.78, 5) is 15.7. The van der Waals surface area contributed by atoms with Crippen molar-refractivity contribution in [3.63, 3.8) is 0 Å². The van der Waals surface area contributed by atoms with Gasteiger partial charge in [-0.25, -0.2) is 4.99 Å². The quantitative estimate of drug-likeness (QED) is 0.566. The molecule has 1 aliphatic carbocycles. The number of ketones is 1. The largest absolute Gasteiger partial charge is 0.399 e. The molecule has 0 radical (unpaired) electrons. The predicted molar refractivity (Wildman–Crippen MR) is 69.0 cm³/mol. The minimum atomic E-state index is -0.0706. The number of benzene rings is 1. The molecule has 4 N–H and O–H groups in total. The molecule has 4 heteroatoms. The highest BCUT2D eigenvalue weighted by molar-refractivity contribution is 6.21. The third-order valence-electron chi connectivity index (χ3n) is 2.47. The van der Waals surface area contributed by atoms with E-state index >= 15 is 0 Å². The van der Waals surface area contributed by atoms with Gasteiger partial charge in [0.15, 0.2) is 5.78 Å². The molecular formula is C13H13N3O.